The van der Waals surface area contributed by atoms with E-state index in [0.717, 1.165) is 6.07 Å². The van der Waals surface area contributed by atoms with Crippen molar-refractivity contribution in [2.75, 3.05) is 14.2 Å². The molecule has 0 unspecified atom stereocenters. The number of aromatic nitrogens is 2. The van der Waals surface area contributed by atoms with Gasteiger partial charge in [-0.2, -0.15) is 9.97 Å². The first-order valence-electron chi connectivity index (χ1n) is 8.24. The highest BCUT2D eigenvalue weighted by atomic mass is 19.1. The quantitative estimate of drug-likeness (QED) is 0.701. The van der Waals surface area contributed by atoms with E-state index < -0.39 is 35.2 Å². The highest BCUT2D eigenvalue weighted by Crippen LogP contribution is 2.28. The van der Waals surface area contributed by atoms with Crippen molar-refractivity contribution in [2.24, 2.45) is 5.92 Å². The molecule has 9 nitrogen and oxygen atoms in total. The number of halogens is 1. The molecule has 0 bridgehead atoms. The fourth-order valence-corrected chi connectivity index (χ4v) is 2.27. The minimum Gasteiger partial charge on any atom is -0.481 e. The molecule has 1 aromatic carbocycles. The predicted molar refractivity (Wildman–Crippen MR) is 95.3 cm³/mol. The SMILES string of the molecule is COc1cc(OC)nc(Oc2cccc(F)c2C(=O)N[C@H](C(=O)O)C(C)C)n1. The third-order valence-corrected chi connectivity index (χ3v) is 3.70. The lowest BCUT2D eigenvalue weighted by Crippen LogP contribution is -2.44. The maximum absolute atomic E-state index is 14.4. The summed E-state index contributed by atoms with van der Waals surface area (Å²) in [5.41, 5.74) is -0.472. The summed E-state index contributed by atoms with van der Waals surface area (Å²) in [5, 5.41) is 11.5. The smallest absolute Gasteiger partial charge is 0.328 e. The molecule has 0 spiro atoms. The number of methoxy groups -OCH3 is 2. The fourth-order valence-electron chi connectivity index (χ4n) is 2.27. The van der Waals surface area contributed by atoms with Gasteiger partial charge in [0.25, 0.3) is 5.91 Å². The Balaban J connectivity index is 2.39. The zero-order chi connectivity index (χ0) is 20.8. The molecule has 1 atom stereocenters. The summed E-state index contributed by atoms with van der Waals surface area (Å²) in [7, 11) is 2.76. The number of hydrogen-bond donors (Lipinski definition) is 2. The summed E-state index contributed by atoms with van der Waals surface area (Å²) in [6.45, 7) is 3.24. The van der Waals surface area contributed by atoms with E-state index in [4.69, 9.17) is 14.2 Å². The van der Waals surface area contributed by atoms with Crippen LogP contribution in [0.25, 0.3) is 0 Å². The second kappa shape index (κ2) is 8.98. The lowest BCUT2D eigenvalue weighted by Gasteiger charge is -2.19. The molecule has 0 fully saturated rings. The zero-order valence-electron chi connectivity index (χ0n) is 15.7. The maximum Gasteiger partial charge on any atom is 0.328 e. The van der Waals surface area contributed by atoms with Crippen LogP contribution in [0.3, 0.4) is 0 Å². The van der Waals surface area contributed by atoms with E-state index >= 15 is 0 Å². The van der Waals surface area contributed by atoms with E-state index in [-0.39, 0.29) is 23.5 Å². The van der Waals surface area contributed by atoms with E-state index in [2.05, 4.69) is 15.3 Å². The monoisotopic (exact) mass is 393 g/mol. The number of carbonyl (C=O) groups is 2. The fraction of sp³-hybridized carbons (Fsp3) is 0.333. The molecule has 10 heteroatoms. The molecule has 0 aliphatic carbocycles. The van der Waals surface area contributed by atoms with Crippen molar-refractivity contribution in [3.8, 4) is 23.5 Å². The minimum atomic E-state index is -1.23. The molecule has 28 heavy (non-hydrogen) atoms. The van der Waals surface area contributed by atoms with Crippen LogP contribution in [0, 0.1) is 11.7 Å². The molecule has 2 aromatic rings. The number of rotatable bonds is 8. The summed E-state index contributed by atoms with van der Waals surface area (Å²) >= 11 is 0. The molecule has 1 aromatic heterocycles. The molecule has 1 heterocycles. The summed E-state index contributed by atoms with van der Waals surface area (Å²) in [6.07, 6.45) is 0. The van der Waals surface area contributed by atoms with Gasteiger partial charge in [-0.1, -0.05) is 19.9 Å². The number of amides is 1. The van der Waals surface area contributed by atoms with Gasteiger partial charge in [-0.15, -0.1) is 0 Å². The first-order chi connectivity index (χ1) is 13.3. The first-order valence-corrected chi connectivity index (χ1v) is 8.24. The summed E-state index contributed by atoms with van der Waals surface area (Å²) in [5.74, 6) is -3.40. The van der Waals surface area contributed by atoms with Crippen molar-refractivity contribution in [1.82, 2.24) is 15.3 Å². The molecule has 2 rings (SSSR count). The number of aliphatic carboxylic acids is 1. The van der Waals surface area contributed by atoms with Crippen LogP contribution >= 0.6 is 0 Å². The zero-order valence-corrected chi connectivity index (χ0v) is 15.7. The Morgan fingerprint density at radius 3 is 2.25 bits per heavy atom. The van der Waals surface area contributed by atoms with E-state index in [1.54, 1.807) is 13.8 Å². The molecular formula is C18H20FN3O6. The number of ether oxygens (including phenoxy) is 3. The Morgan fingerprint density at radius 1 is 1.14 bits per heavy atom. The van der Waals surface area contributed by atoms with Crippen molar-refractivity contribution in [2.45, 2.75) is 19.9 Å². The maximum atomic E-state index is 14.4. The normalized spacial score (nSPS) is 11.6. The first kappa shape index (κ1) is 20.9. The third kappa shape index (κ3) is 4.84. The van der Waals surface area contributed by atoms with Gasteiger partial charge in [-0.3, -0.25) is 4.79 Å². The van der Waals surface area contributed by atoms with Gasteiger partial charge in [0.2, 0.25) is 11.8 Å². The number of benzene rings is 1. The van der Waals surface area contributed by atoms with Gasteiger partial charge >= 0.3 is 12.0 Å². The Bertz CT molecular complexity index is 852. The number of hydrogen-bond acceptors (Lipinski definition) is 7. The van der Waals surface area contributed by atoms with Crippen molar-refractivity contribution in [3.05, 3.63) is 35.6 Å². The third-order valence-electron chi connectivity index (χ3n) is 3.70. The van der Waals surface area contributed by atoms with Crippen LogP contribution in [0.2, 0.25) is 0 Å². The Kier molecular flexibility index (Phi) is 6.69. The van der Waals surface area contributed by atoms with E-state index in [1.807, 2.05) is 0 Å². The molecule has 1 amide bonds. The van der Waals surface area contributed by atoms with Gasteiger partial charge < -0.3 is 24.6 Å². The van der Waals surface area contributed by atoms with Gasteiger partial charge in [-0.25, -0.2) is 9.18 Å². The number of nitrogens with one attached hydrogen (secondary N) is 1. The van der Waals surface area contributed by atoms with Gasteiger partial charge in [-0.05, 0) is 18.1 Å². The number of carboxylic acid groups (broad SMARTS) is 1. The largest absolute Gasteiger partial charge is 0.481 e. The second-order valence-corrected chi connectivity index (χ2v) is 5.98. The van der Waals surface area contributed by atoms with Crippen LogP contribution < -0.4 is 19.5 Å². The topological polar surface area (TPSA) is 120 Å². The molecular weight excluding hydrogens is 373 g/mol. The van der Waals surface area contributed by atoms with Crippen molar-refractivity contribution in [3.63, 3.8) is 0 Å². The van der Waals surface area contributed by atoms with Crippen molar-refractivity contribution >= 4 is 11.9 Å². The molecule has 2 N–H and O–H groups in total. The minimum absolute atomic E-state index is 0.134. The molecule has 0 aliphatic rings. The van der Waals surface area contributed by atoms with Crippen LogP contribution in [-0.4, -0.2) is 47.2 Å². The number of carboxylic acids is 1. The Hall–Kier alpha value is -3.43. The lowest BCUT2D eigenvalue weighted by atomic mass is 10.0. The standard InChI is InChI=1S/C18H20FN3O6/c1-9(2)15(17(24)25)22-16(23)14-10(19)6-5-7-11(14)28-18-20-12(26-3)8-13(21-18)27-4/h5-9,15H,1-4H3,(H,22,23)(H,24,25)/t15-/m0/s1. The van der Waals surface area contributed by atoms with Crippen LogP contribution in [0.1, 0.15) is 24.2 Å². The second-order valence-electron chi connectivity index (χ2n) is 5.98. The van der Waals surface area contributed by atoms with E-state index in [9.17, 15) is 19.1 Å². The Labute approximate surface area is 160 Å². The van der Waals surface area contributed by atoms with Gasteiger partial charge in [0.1, 0.15) is 23.2 Å². The van der Waals surface area contributed by atoms with Crippen LogP contribution in [-0.2, 0) is 4.79 Å². The van der Waals surface area contributed by atoms with Crippen molar-refractivity contribution in [1.29, 1.82) is 0 Å². The van der Waals surface area contributed by atoms with E-state index in [0.29, 0.717) is 0 Å². The van der Waals surface area contributed by atoms with Crippen LogP contribution in [0.5, 0.6) is 23.5 Å². The molecule has 150 valence electrons. The highest BCUT2D eigenvalue weighted by molar-refractivity contribution is 5.99. The average molecular weight is 393 g/mol. The average Bonchev–Trinajstić information content (AvgIpc) is 2.65. The van der Waals surface area contributed by atoms with Gasteiger partial charge in [0, 0.05) is 0 Å². The summed E-state index contributed by atoms with van der Waals surface area (Å²) in [6, 6.07) is 3.68. The number of carbonyl (C=O) groups excluding carboxylic acids is 1. The van der Waals surface area contributed by atoms with Crippen LogP contribution in [0.15, 0.2) is 24.3 Å². The van der Waals surface area contributed by atoms with Crippen molar-refractivity contribution < 1.29 is 33.3 Å². The summed E-state index contributed by atoms with van der Waals surface area (Å²) in [4.78, 5) is 31.8. The van der Waals surface area contributed by atoms with Gasteiger partial charge in [0.05, 0.1) is 20.3 Å². The molecule has 0 aliphatic heterocycles. The predicted octanol–water partition coefficient (Wildman–Crippen LogP) is 2.26. The Morgan fingerprint density at radius 2 is 1.75 bits per heavy atom. The summed E-state index contributed by atoms with van der Waals surface area (Å²) < 4.78 is 29.9. The van der Waals surface area contributed by atoms with E-state index in [1.165, 1.54) is 32.4 Å². The van der Waals surface area contributed by atoms with Crippen LogP contribution in [0.4, 0.5) is 4.39 Å². The molecule has 0 radical (unpaired) electrons. The molecule has 0 saturated heterocycles. The number of nitrogens with zero attached hydrogens (tertiary/aromatic N) is 2. The lowest BCUT2D eigenvalue weighted by molar-refractivity contribution is -0.140. The highest BCUT2D eigenvalue weighted by Gasteiger charge is 2.27. The van der Waals surface area contributed by atoms with Gasteiger partial charge in [0.15, 0.2) is 0 Å². The molecule has 0 saturated carbocycles.